The van der Waals surface area contributed by atoms with Crippen LogP contribution in [0.25, 0.3) is 0 Å². The van der Waals surface area contributed by atoms with Gasteiger partial charge < -0.3 is 4.74 Å². The van der Waals surface area contributed by atoms with E-state index < -0.39 is 40.8 Å². The van der Waals surface area contributed by atoms with E-state index in [9.17, 15) is 24.5 Å². The van der Waals surface area contributed by atoms with Crippen LogP contribution in [0.15, 0.2) is 54.6 Å². The molecule has 0 saturated carbocycles. The number of imide groups is 1. The first-order valence-electron chi connectivity index (χ1n) is 12.9. The summed E-state index contributed by atoms with van der Waals surface area (Å²) >= 11 is 1.30. The van der Waals surface area contributed by atoms with Crippen LogP contribution in [0.4, 0.5) is 16.4 Å². The molecule has 1 aromatic heterocycles. The van der Waals surface area contributed by atoms with Gasteiger partial charge in [0.1, 0.15) is 10.9 Å². The monoisotopic (exact) mass is 547 g/mol. The Balaban J connectivity index is 1.43. The molecule has 2 fully saturated rings. The molecule has 2 saturated heterocycles. The summed E-state index contributed by atoms with van der Waals surface area (Å²) in [5, 5.41) is 13.1. The summed E-state index contributed by atoms with van der Waals surface area (Å²) < 4.78 is 5.34. The number of hydrogen-bond acceptors (Lipinski definition) is 9. The van der Waals surface area contributed by atoms with E-state index in [2.05, 4.69) is 0 Å². The Labute approximate surface area is 227 Å². The maximum atomic E-state index is 14.1. The Hall–Kier alpha value is -4.09. The second-order valence-electron chi connectivity index (χ2n) is 9.63. The van der Waals surface area contributed by atoms with Gasteiger partial charge in [-0.1, -0.05) is 30.3 Å². The van der Waals surface area contributed by atoms with Gasteiger partial charge in [0.25, 0.3) is 11.6 Å². The van der Waals surface area contributed by atoms with Gasteiger partial charge in [0.05, 0.1) is 28.8 Å². The highest BCUT2D eigenvalue weighted by atomic mass is 32.1. The number of hydrogen-bond donors (Lipinski definition) is 0. The predicted octanol–water partition coefficient (Wildman–Crippen LogP) is 4.76. The average molecular weight is 548 g/mol. The zero-order valence-electron chi connectivity index (χ0n) is 21.1. The van der Waals surface area contributed by atoms with Crippen LogP contribution in [0.5, 0.6) is 0 Å². The van der Waals surface area contributed by atoms with Crippen molar-refractivity contribution in [3.8, 4) is 0 Å². The average Bonchev–Trinajstić information content (AvgIpc) is 3.59. The highest BCUT2D eigenvalue weighted by molar-refractivity contribution is 7.17. The number of nitrogens with zero attached hydrogens (tertiary/aromatic N) is 3. The zero-order chi connectivity index (χ0) is 27.3. The number of carbonyl (C=O) groups excluding carboxylic acids is 3. The van der Waals surface area contributed by atoms with Crippen LogP contribution >= 0.6 is 11.3 Å². The van der Waals surface area contributed by atoms with E-state index in [0.717, 1.165) is 34.6 Å². The molecule has 10 nitrogen and oxygen atoms in total. The van der Waals surface area contributed by atoms with Crippen molar-refractivity contribution in [2.24, 2.45) is 5.92 Å². The van der Waals surface area contributed by atoms with Gasteiger partial charge in [0.15, 0.2) is 6.10 Å². The largest absolute Gasteiger partial charge is 0.462 e. The Morgan fingerprint density at radius 2 is 1.79 bits per heavy atom. The number of anilines is 2. The fourth-order valence-electron chi connectivity index (χ4n) is 5.67. The van der Waals surface area contributed by atoms with E-state index in [-0.39, 0.29) is 12.3 Å². The molecule has 3 heterocycles. The van der Waals surface area contributed by atoms with Gasteiger partial charge in [-0.2, -0.15) is 0 Å². The summed E-state index contributed by atoms with van der Waals surface area (Å²) in [6.07, 6.45) is 2.23. The van der Waals surface area contributed by atoms with Gasteiger partial charge in [-0.05, 0) is 55.9 Å². The molecule has 0 spiro atoms. The summed E-state index contributed by atoms with van der Waals surface area (Å²) in [4.78, 5) is 60.1. The van der Waals surface area contributed by atoms with Crippen LogP contribution in [0, 0.1) is 16.0 Å². The lowest BCUT2D eigenvalue weighted by molar-refractivity contribution is -0.384. The van der Waals surface area contributed by atoms with E-state index >= 15 is 0 Å². The minimum absolute atomic E-state index is 0.0841. The smallest absolute Gasteiger partial charge is 0.341 e. The predicted molar refractivity (Wildman–Crippen MR) is 143 cm³/mol. The molecule has 0 N–H and O–H groups in total. The minimum Gasteiger partial charge on any atom is -0.462 e. The van der Waals surface area contributed by atoms with Crippen LogP contribution in [-0.2, 0) is 32.0 Å². The maximum Gasteiger partial charge on any atom is 0.341 e. The minimum atomic E-state index is -1.12. The maximum absolute atomic E-state index is 14.1. The van der Waals surface area contributed by atoms with Crippen molar-refractivity contribution < 1.29 is 28.9 Å². The quantitative estimate of drug-likeness (QED) is 0.188. The van der Waals surface area contributed by atoms with Gasteiger partial charge in [-0.3, -0.25) is 24.5 Å². The first-order valence-corrected chi connectivity index (χ1v) is 13.7. The molecule has 0 bridgehead atoms. The van der Waals surface area contributed by atoms with Gasteiger partial charge in [-0.15, -0.1) is 11.3 Å². The second kappa shape index (κ2) is 9.90. The summed E-state index contributed by atoms with van der Waals surface area (Å²) in [5.74, 6) is -2.48. The number of para-hydroxylation sites is 1. The van der Waals surface area contributed by atoms with Crippen molar-refractivity contribution in [1.29, 1.82) is 0 Å². The molecule has 3 atom stereocenters. The van der Waals surface area contributed by atoms with E-state index in [1.165, 1.54) is 28.5 Å². The number of benzene rings is 2. The molecule has 39 heavy (non-hydrogen) atoms. The number of aryl methyl sites for hydroxylation is 1. The lowest BCUT2D eigenvalue weighted by Crippen LogP contribution is -2.37. The number of non-ortho nitro benzene ring substituents is 1. The zero-order valence-corrected chi connectivity index (χ0v) is 21.9. The van der Waals surface area contributed by atoms with Crippen molar-refractivity contribution in [3.63, 3.8) is 0 Å². The number of thiophene rings is 1. The Morgan fingerprint density at radius 3 is 2.49 bits per heavy atom. The molecule has 6 rings (SSSR count). The molecule has 3 aromatic rings. The molecule has 3 aliphatic rings. The lowest BCUT2D eigenvalue weighted by Gasteiger charge is -2.28. The number of esters is 1. The van der Waals surface area contributed by atoms with Crippen molar-refractivity contribution >= 4 is 45.5 Å². The Bertz CT molecular complexity index is 1470. The standard InChI is InChI=1S/C28H25N3O7S/c1-2-37-28(34)21-19-10-6-7-11-20(19)39-27(21)29-25(32)22-23(16-12-14-18(15-13-16)31(35)36)30(38-24(22)26(29)33)17-8-4-3-5-9-17/h3-5,8-9,12-15,22-24H,2,6-7,10-11H2,1H3/t22-,23-,24-/m0/s1. The van der Waals surface area contributed by atoms with Crippen molar-refractivity contribution in [1.82, 2.24) is 0 Å². The summed E-state index contributed by atoms with van der Waals surface area (Å²) in [6.45, 7) is 1.89. The molecular formula is C28H25N3O7S. The molecule has 1 aliphatic carbocycles. The van der Waals surface area contributed by atoms with Crippen molar-refractivity contribution in [2.45, 2.75) is 44.8 Å². The number of carbonyl (C=O) groups is 3. The molecule has 0 radical (unpaired) electrons. The van der Waals surface area contributed by atoms with E-state index in [1.54, 1.807) is 31.2 Å². The van der Waals surface area contributed by atoms with E-state index in [1.807, 2.05) is 18.2 Å². The van der Waals surface area contributed by atoms with E-state index in [0.29, 0.717) is 28.2 Å². The summed E-state index contributed by atoms with van der Waals surface area (Å²) in [7, 11) is 0. The number of nitro benzene ring substituents is 1. The first-order chi connectivity index (χ1) is 18.9. The molecule has 2 aromatic carbocycles. The fraction of sp³-hybridized carbons (Fsp3) is 0.321. The number of fused-ring (bicyclic) bond motifs is 2. The highest BCUT2D eigenvalue weighted by Gasteiger charge is 2.61. The van der Waals surface area contributed by atoms with Crippen LogP contribution in [0.2, 0.25) is 0 Å². The molecule has 2 aliphatic heterocycles. The number of ether oxygens (including phenoxy) is 1. The topological polar surface area (TPSA) is 119 Å². The molecule has 2 amide bonds. The first kappa shape index (κ1) is 25.2. The number of amides is 2. The third kappa shape index (κ3) is 4.09. The number of hydroxylamine groups is 1. The number of nitro groups is 1. The lowest BCUT2D eigenvalue weighted by atomic mass is 9.90. The van der Waals surface area contributed by atoms with Crippen LogP contribution < -0.4 is 9.96 Å². The molecule has 200 valence electrons. The highest BCUT2D eigenvalue weighted by Crippen LogP contribution is 2.50. The fourth-order valence-corrected chi connectivity index (χ4v) is 7.06. The van der Waals surface area contributed by atoms with Gasteiger partial charge in [-0.25, -0.2) is 14.8 Å². The van der Waals surface area contributed by atoms with Gasteiger partial charge in [0.2, 0.25) is 5.91 Å². The van der Waals surface area contributed by atoms with Gasteiger partial charge in [0, 0.05) is 17.0 Å². The van der Waals surface area contributed by atoms with Crippen LogP contribution in [0.3, 0.4) is 0 Å². The molecule has 11 heteroatoms. The Morgan fingerprint density at radius 1 is 1.08 bits per heavy atom. The third-order valence-electron chi connectivity index (χ3n) is 7.41. The van der Waals surface area contributed by atoms with Crippen molar-refractivity contribution in [3.05, 3.63) is 86.3 Å². The SMILES string of the molecule is CCOC(=O)c1c(N2C(=O)[C@@H]3[C@H](ON(c4ccccc4)[C@H]3c3ccc([N+](=O)[O-])cc3)C2=O)sc2c1CCCC2. The second-order valence-corrected chi connectivity index (χ2v) is 10.7. The Kier molecular flexibility index (Phi) is 6.40. The van der Waals surface area contributed by atoms with Gasteiger partial charge >= 0.3 is 5.97 Å². The van der Waals surface area contributed by atoms with Crippen LogP contribution in [-0.4, -0.2) is 35.4 Å². The summed E-state index contributed by atoms with van der Waals surface area (Å²) in [6, 6.07) is 14.3. The normalized spacial score (nSPS) is 22.1. The van der Waals surface area contributed by atoms with Crippen LogP contribution in [0.1, 0.15) is 52.2 Å². The molecular weight excluding hydrogens is 522 g/mol. The summed E-state index contributed by atoms with van der Waals surface area (Å²) in [5.41, 5.74) is 2.30. The van der Waals surface area contributed by atoms with Crippen molar-refractivity contribution in [2.75, 3.05) is 16.6 Å². The molecule has 0 unspecified atom stereocenters. The third-order valence-corrected chi connectivity index (χ3v) is 8.68. The number of rotatable bonds is 6. The van der Waals surface area contributed by atoms with E-state index in [4.69, 9.17) is 9.57 Å².